The van der Waals surface area contributed by atoms with Crippen molar-refractivity contribution in [2.45, 2.75) is 0 Å². The molecule has 0 aromatic carbocycles. The van der Waals surface area contributed by atoms with Gasteiger partial charge in [-0.15, -0.1) is 0 Å². The average molecular weight is 229 g/mol. The molecule has 2 N–H and O–H groups in total. The molecule has 0 bridgehead atoms. The van der Waals surface area contributed by atoms with E-state index in [-0.39, 0.29) is 0 Å². The van der Waals surface area contributed by atoms with Gasteiger partial charge in [0.2, 0.25) is 0 Å². The molecular formula is C2H4N2O2Pr. The van der Waals surface area contributed by atoms with Crippen LogP contribution < -0.4 is 2.68 Å². The van der Waals surface area contributed by atoms with Crippen molar-refractivity contribution in [3.05, 3.63) is 0 Å². The first-order valence-electron chi connectivity index (χ1n) is 1.63. The predicted molar refractivity (Wildman–Crippen MR) is 18.4 cm³/mol. The van der Waals surface area contributed by atoms with Crippen LogP contribution in [0.2, 0.25) is 0 Å². The van der Waals surface area contributed by atoms with E-state index in [0.29, 0.717) is 12.8 Å². The van der Waals surface area contributed by atoms with E-state index in [1.165, 1.54) is 0 Å². The fraction of sp³-hybridized carbons (Fsp3) is 0. The molecule has 0 aromatic heterocycles. The molecule has 0 fully saturated rings. The Hall–Kier alpha value is 0.304. The Morgan fingerprint density at radius 2 is 1.57 bits per heavy atom. The Labute approximate surface area is 62.4 Å². The van der Waals surface area contributed by atoms with E-state index in [0.717, 1.165) is 0 Å². The minimum atomic E-state index is -1.34. The molecule has 0 saturated carbocycles. The molecule has 0 saturated heterocycles. The van der Waals surface area contributed by atoms with Gasteiger partial charge in [-0.25, -0.2) is 0 Å². The molecule has 4 nitrogen and oxygen atoms in total. The molecule has 0 aliphatic carbocycles. The van der Waals surface area contributed by atoms with Crippen LogP contribution in [0.15, 0.2) is 0 Å². The van der Waals surface area contributed by atoms with Crippen LogP contribution in [-0.4, -0.2) is 12.8 Å². The number of hydrogen-bond acceptors (Lipinski definition) is 2. The van der Waals surface area contributed by atoms with Gasteiger partial charge in [-0.05, 0) is 0 Å². The monoisotopic (exact) mass is 229 g/mol. The third kappa shape index (κ3) is 6.30. The van der Waals surface area contributed by atoms with E-state index >= 15 is 0 Å². The zero-order chi connectivity index (χ0) is 5.54. The number of carbonyl (C=O) groups excluding carboxylic acids is 2. The van der Waals surface area contributed by atoms with Gasteiger partial charge in [-0.1, -0.05) is 0 Å². The molecule has 0 aliphatic heterocycles. The zero-order valence-electron chi connectivity index (χ0n) is 3.55. The van der Waals surface area contributed by atoms with Crippen LogP contribution in [0.5, 0.6) is 0 Å². The second-order valence-corrected chi connectivity index (χ2v) is 3.78. The Morgan fingerprint density at radius 3 is 1.86 bits per heavy atom. The van der Waals surface area contributed by atoms with Crippen LogP contribution in [0.3, 0.4) is 0 Å². The first-order valence-corrected chi connectivity index (χ1v) is 5.33. The summed E-state index contributed by atoms with van der Waals surface area (Å²) in [6.07, 6.45) is 1.21. The topological polar surface area (TPSA) is 58.2 Å². The minimum absolute atomic E-state index is 0.603. The summed E-state index contributed by atoms with van der Waals surface area (Å²) in [4.78, 5) is 18.9. The summed E-state index contributed by atoms with van der Waals surface area (Å²) in [7, 11) is 0. The molecular weight excluding hydrogens is 225 g/mol. The summed E-state index contributed by atoms with van der Waals surface area (Å²) in [5.74, 6) is 0. The summed E-state index contributed by atoms with van der Waals surface area (Å²) >= 11 is -1.34. The molecule has 5 heteroatoms. The quantitative estimate of drug-likeness (QED) is 0.450. The van der Waals surface area contributed by atoms with Gasteiger partial charge in [0, 0.05) is 0 Å². The van der Waals surface area contributed by atoms with Crippen molar-refractivity contribution in [1.82, 2.24) is 2.68 Å². The third-order valence-electron chi connectivity index (χ3n) is 0.303. The predicted octanol–water partition coefficient (Wildman–Crippen LogP) is -1.61. The molecule has 0 atom stereocenters. The maximum atomic E-state index is 9.46. The summed E-state index contributed by atoms with van der Waals surface area (Å²) in [5, 5.41) is 0. The van der Waals surface area contributed by atoms with Gasteiger partial charge in [0.15, 0.2) is 0 Å². The van der Waals surface area contributed by atoms with Gasteiger partial charge >= 0.3 is 63.0 Å². The number of amides is 2. The van der Waals surface area contributed by atoms with Crippen LogP contribution >= 0.6 is 0 Å². The molecule has 0 spiro atoms. The summed E-state index contributed by atoms with van der Waals surface area (Å²) in [5.41, 5.74) is 0. The van der Waals surface area contributed by atoms with Gasteiger partial charge < -0.3 is 0 Å². The van der Waals surface area contributed by atoms with Gasteiger partial charge in [0.05, 0.1) is 0 Å². The number of rotatable bonds is 4. The number of carbonyl (C=O) groups is 2. The van der Waals surface area contributed by atoms with Gasteiger partial charge in [0.1, 0.15) is 0 Å². The summed E-state index contributed by atoms with van der Waals surface area (Å²) in [6.45, 7) is 0. The van der Waals surface area contributed by atoms with Crippen LogP contribution in [0.25, 0.3) is 0 Å². The van der Waals surface area contributed by atoms with Crippen molar-refractivity contribution >= 4 is 12.8 Å². The Balaban J connectivity index is 2.68. The first-order chi connectivity index (χ1) is 3.41. The normalized spacial score (nSPS) is 5.71. The Morgan fingerprint density at radius 1 is 1.14 bits per heavy atom. The maximum absolute atomic E-state index is 9.46. The Kier molecular flexibility index (Phi) is 6.58. The average Bonchev–Trinajstić information content (AvgIpc) is 1.69. The second-order valence-electron chi connectivity index (χ2n) is 0.713. The third-order valence-corrected chi connectivity index (χ3v) is 2.25. The first kappa shape index (κ1) is 7.30. The van der Waals surface area contributed by atoms with E-state index in [9.17, 15) is 9.59 Å². The second kappa shape index (κ2) is 6.30. The van der Waals surface area contributed by atoms with Crippen molar-refractivity contribution in [2.75, 3.05) is 0 Å². The van der Waals surface area contributed by atoms with Crippen LogP contribution in [0, 0.1) is 37.9 Å². The Bertz CT molecular complexity index is 58.7. The zero-order valence-corrected chi connectivity index (χ0v) is 7.25. The van der Waals surface area contributed by atoms with E-state index in [4.69, 9.17) is 0 Å². The summed E-state index contributed by atoms with van der Waals surface area (Å²) < 4.78 is 4.87. The molecule has 0 heterocycles. The van der Waals surface area contributed by atoms with Crippen LogP contribution in [-0.2, 0) is 9.59 Å². The van der Waals surface area contributed by atoms with Crippen LogP contribution in [0.4, 0.5) is 0 Å². The van der Waals surface area contributed by atoms with Gasteiger partial charge in [0.25, 0.3) is 0 Å². The number of nitrogens with one attached hydrogen (secondary N) is 2. The fourth-order valence-corrected chi connectivity index (χ4v) is 0.861. The SMILES string of the molecule is O=C[NH][Pr][NH]C=O. The van der Waals surface area contributed by atoms with Gasteiger partial charge in [-0.3, -0.25) is 0 Å². The summed E-state index contributed by atoms with van der Waals surface area (Å²) in [6, 6.07) is 0. The molecule has 0 radical (unpaired) electrons. The van der Waals surface area contributed by atoms with E-state index in [1.54, 1.807) is 0 Å². The molecule has 2 amide bonds. The molecule has 0 aliphatic rings. The van der Waals surface area contributed by atoms with E-state index in [2.05, 4.69) is 2.68 Å². The standard InChI is InChI=1S/2CH3NO.Pr/c2*2-1-3;/h2*1H,(H2,2,3);/q;;+2/p-2. The van der Waals surface area contributed by atoms with Crippen molar-refractivity contribution in [2.24, 2.45) is 0 Å². The van der Waals surface area contributed by atoms with Crippen LogP contribution in [0.1, 0.15) is 0 Å². The van der Waals surface area contributed by atoms with Crippen molar-refractivity contribution in [1.29, 1.82) is 0 Å². The molecule has 37 valence electrons. The van der Waals surface area contributed by atoms with Crippen molar-refractivity contribution in [3.8, 4) is 0 Å². The fourth-order valence-electron chi connectivity index (χ4n) is 0.116. The van der Waals surface area contributed by atoms with E-state index < -0.39 is 37.9 Å². The number of hydrogen-bond donors (Lipinski definition) is 2. The van der Waals surface area contributed by atoms with Crippen molar-refractivity contribution in [3.63, 3.8) is 0 Å². The van der Waals surface area contributed by atoms with E-state index in [1.807, 2.05) is 0 Å². The molecule has 0 aromatic rings. The molecule has 0 rings (SSSR count). The molecule has 0 unspecified atom stereocenters. The molecule has 7 heavy (non-hydrogen) atoms. The van der Waals surface area contributed by atoms with Gasteiger partial charge in [-0.2, -0.15) is 0 Å². The van der Waals surface area contributed by atoms with Crippen molar-refractivity contribution < 1.29 is 47.5 Å².